The zero-order chi connectivity index (χ0) is 8.27. The molecular formula is C8H7ClO2. The Morgan fingerprint density at radius 2 is 2.45 bits per heavy atom. The lowest BCUT2D eigenvalue weighted by Gasteiger charge is -1.93. The Hall–Kier alpha value is -1.02. The molecule has 1 aromatic heterocycles. The summed E-state index contributed by atoms with van der Waals surface area (Å²) in [7, 11) is 0. The van der Waals surface area contributed by atoms with Gasteiger partial charge in [0.2, 0.25) is 0 Å². The fourth-order valence-corrected chi connectivity index (χ4v) is 0.852. The van der Waals surface area contributed by atoms with E-state index in [4.69, 9.17) is 16.0 Å². The van der Waals surface area contributed by atoms with Crippen molar-refractivity contribution in [1.82, 2.24) is 0 Å². The fraction of sp³-hybridized carbons (Fsp3) is 0.125. The van der Waals surface area contributed by atoms with Gasteiger partial charge in [-0.15, -0.1) is 0 Å². The second-order valence-electron chi connectivity index (χ2n) is 2.08. The smallest absolute Gasteiger partial charge is 0.193 e. The van der Waals surface area contributed by atoms with Gasteiger partial charge in [0.1, 0.15) is 12.0 Å². The van der Waals surface area contributed by atoms with Crippen LogP contribution in [0.15, 0.2) is 23.1 Å². The highest BCUT2D eigenvalue weighted by molar-refractivity contribution is 6.28. The maximum absolute atomic E-state index is 10.1. The number of allylic oxidation sites excluding steroid dienone is 1. The van der Waals surface area contributed by atoms with Gasteiger partial charge in [-0.25, -0.2) is 0 Å². The highest BCUT2D eigenvalue weighted by atomic mass is 35.5. The zero-order valence-electron chi connectivity index (χ0n) is 5.84. The minimum atomic E-state index is 0.282. The van der Waals surface area contributed by atoms with Crippen LogP contribution < -0.4 is 0 Å². The molecule has 0 aliphatic heterocycles. The van der Waals surface area contributed by atoms with Crippen molar-refractivity contribution in [2.45, 2.75) is 6.42 Å². The highest BCUT2D eigenvalue weighted by Gasteiger charge is 2.02. The maximum atomic E-state index is 10.1. The summed E-state index contributed by atoms with van der Waals surface area (Å²) in [6.45, 7) is 3.64. The van der Waals surface area contributed by atoms with Crippen molar-refractivity contribution in [2.75, 3.05) is 0 Å². The number of furan rings is 1. The number of halogens is 1. The Morgan fingerprint density at radius 1 is 1.73 bits per heavy atom. The highest BCUT2D eigenvalue weighted by Crippen LogP contribution is 2.20. The molecule has 0 aliphatic rings. The number of hydrogen-bond acceptors (Lipinski definition) is 2. The fourth-order valence-electron chi connectivity index (χ4n) is 0.705. The van der Waals surface area contributed by atoms with E-state index in [1.54, 1.807) is 12.1 Å². The van der Waals surface area contributed by atoms with Gasteiger partial charge < -0.3 is 9.21 Å². The molecule has 3 heteroatoms. The molecule has 1 heterocycles. The van der Waals surface area contributed by atoms with Gasteiger partial charge in [0.05, 0.1) is 0 Å². The van der Waals surface area contributed by atoms with Crippen LogP contribution in [0, 0.1) is 0 Å². The first kappa shape index (κ1) is 8.08. The van der Waals surface area contributed by atoms with E-state index in [0.29, 0.717) is 16.6 Å². The van der Waals surface area contributed by atoms with Crippen LogP contribution in [-0.4, -0.2) is 6.29 Å². The number of rotatable bonds is 3. The van der Waals surface area contributed by atoms with Crippen molar-refractivity contribution < 1.29 is 9.21 Å². The average molecular weight is 171 g/mol. The van der Waals surface area contributed by atoms with Crippen LogP contribution in [0.5, 0.6) is 0 Å². The van der Waals surface area contributed by atoms with Crippen molar-refractivity contribution in [2.24, 2.45) is 0 Å². The quantitative estimate of drug-likeness (QED) is 0.653. The minimum absolute atomic E-state index is 0.282. The van der Waals surface area contributed by atoms with E-state index in [1.807, 2.05) is 0 Å². The minimum Gasteiger partial charge on any atom is -0.445 e. The van der Waals surface area contributed by atoms with E-state index in [1.165, 1.54) is 0 Å². The Kier molecular flexibility index (Phi) is 2.49. The molecule has 0 unspecified atom stereocenters. The summed E-state index contributed by atoms with van der Waals surface area (Å²) >= 11 is 5.51. The molecule has 0 aliphatic carbocycles. The second-order valence-corrected chi connectivity index (χ2v) is 2.45. The van der Waals surface area contributed by atoms with Gasteiger partial charge in [-0.2, -0.15) is 0 Å². The van der Waals surface area contributed by atoms with E-state index in [2.05, 4.69) is 6.58 Å². The molecular weight excluding hydrogens is 164 g/mol. The Balaban J connectivity index is 2.76. The van der Waals surface area contributed by atoms with Gasteiger partial charge in [0.25, 0.3) is 0 Å². The topological polar surface area (TPSA) is 30.2 Å². The average Bonchev–Trinajstić information content (AvgIpc) is 2.36. The van der Waals surface area contributed by atoms with Crippen molar-refractivity contribution in [1.29, 1.82) is 0 Å². The molecule has 2 nitrogen and oxygen atoms in total. The first-order valence-electron chi connectivity index (χ1n) is 3.11. The predicted octanol–water partition coefficient (Wildman–Crippen LogP) is 2.54. The molecule has 1 rings (SSSR count). The molecule has 0 amide bonds. The molecule has 0 fully saturated rings. The molecule has 0 bridgehead atoms. The van der Waals surface area contributed by atoms with E-state index in [0.717, 1.165) is 6.29 Å². The van der Waals surface area contributed by atoms with Crippen LogP contribution in [0.1, 0.15) is 12.2 Å². The van der Waals surface area contributed by atoms with Gasteiger partial charge in [0, 0.05) is 6.42 Å². The second kappa shape index (κ2) is 3.39. The van der Waals surface area contributed by atoms with E-state index < -0.39 is 0 Å². The molecule has 1 aromatic rings. The van der Waals surface area contributed by atoms with Crippen LogP contribution in [0.25, 0.3) is 5.57 Å². The zero-order valence-corrected chi connectivity index (χ0v) is 6.60. The van der Waals surface area contributed by atoms with E-state index in [-0.39, 0.29) is 6.42 Å². The third-order valence-corrected chi connectivity index (χ3v) is 1.45. The molecule has 0 N–H and O–H groups in total. The summed E-state index contributed by atoms with van der Waals surface area (Å²) in [6, 6.07) is 3.31. The van der Waals surface area contributed by atoms with Gasteiger partial charge >= 0.3 is 0 Å². The first-order valence-corrected chi connectivity index (χ1v) is 3.49. The molecule has 0 saturated heterocycles. The van der Waals surface area contributed by atoms with Crippen molar-refractivity contribution in [3.05, 3.63) is 29.7 Å². The number of hydrogen-bond donors (Lipinski definition) is 0. The van der Waals surface area contributed by atoms with Gasteiger partial charge in [-0.05, 0) is 29.3 Å². The van der Waals surface area contributed by atoms with Crippen molar-refractivity contribution in [3.63, 3.8) is 0 Å². The normalized spacial score (nSPS) is 9.55. The summed E-state index contributed by atoms with van der Waals surface area (Å²) in [6.07, 6.45) is 1.06. The largest absolute Gasteiger partial charge is 0.445 e. The van der Waals surface area contributed by atoms with Gasteiger partial charge in [0.15, 0.2) is 5.22 Å². The number of carbonyl (C=O) groups excluding carboxylic acids is 1. The molecule has 0 aromatic carbocycles. The van der Waals surface area contributed by atoms with Crippen molar-refractivity contribution in [3.8, 4) is 0 Å². The Labute approximate surface area is 69.5 Å². The molecule has 0 atom stereocenters. The van der Waals surface area contributed by atoms with E-state index >= 15 is 0 Å². The standard InChI is InChI=1S/C8H7ClO2/c1-6(4-5-10)7-2-3-8(9)11-7/h2-3,5H,1,4H2. The molecule has 0 saturated carbocycles. The maximum Gasteiger partial charge on any atom is 0.193 e. The number of aldehydes is 1. The summed E-state index contributed by atoms with van der Waals surface area (Å²) in [5.41, 5.74) is 0.645. The van der Waals surface area contributed by atoms with Crippen molar-refractivity contribution >= 4 is 23.5 Å². The third kappa shape index (κ3) is 1.95. The number of carbonyl (C=O) groups is 1. The monoisotopic (exact) mass is 170 g/mol. The van der Waals surface area contributed by atoms with Crippen LogP contribution in [0.4, 0.5) is 0 Å². The van der Waals surface area contributed by atoms with Gasteiger partial charge in [-0.3, -0.25) is 0 Å². The Morgan fingerprint density at radius 3 is 2.91 bits per heavy atom. The summed E-state index contributed by atoms with van der Waals surface area (Å²) in [5.74, 6) is 0.571. The SMILES string of the molecule is C=C(CC=O)c1ccc(Cl)o1. The molecule has 0 radical (unpaired) electrons. The molecule has 0 spiro atoms. The van der Waals surface area contributed by atoms with E-state index in [9.17, 15) is 4.79 Å². The van der Waals surface area contributed by atoms with Crippen LogP contribution in [-0.2, 0) is 4.79 Å². The predicted molar refractivity (Wildman–Crippen MR) is 43.4 cm³/mol. The lowest BCUT2D eigenvalue weighted by atomic mass is 10.2. The third-order valence-electron chi connectivity index (χ3n) is 1.25. The van der Waals surface area contributed by atoms with Crippen LogP contribution >= 0.6 is 11.6 Å². The van der Waals surface area contributed by atoms with Crippen LogP contribution in [0.2, 0.25) is 5.22 Å². The molecule has 11 heavy (non-hydrogen) atoms. The van der Waals surface area contributed by atoms with Crippen LogP contribution in [0.3, 0.4) is 0 Å². The summed E-state index contributed by atoms with van der Waals surface area (Å²) in [4.78, 5) is 10.1. The summed E-state index contributed by atoms with van der Waals surface area (Å²) in [5, 5.41) is 0.312. The summed E-state index contributed by atoms with van der Waals surface area (Å²) < 4.78 is 5.00. The Bertz CT molecular complexity index is 275. The lowest BCUT2D eigenvalue weighted by molar-refractivity contribution is -0.107. The first-order chi connectivity index (χ1) is 5.24. The molecule has 58 valence electrons. The van der Waals surface area contributed by atoms with Gasteiger partial charge in [-0.1, -0.05) is 6.58 Å². The lowest BCUT2D eigenvalue weighted by Crippen LogP contribution is -1.79.